The molecule has 1 atom stereocenters. The highest BCUT2D eigenvalue weighted by Crippen LogP contribution is 2.37. The van der Waals surface area contributed by atoms with Gasteiger partial charge in [-0.05, 0) is 35.9 Å². The lowest BCUT2D eigenvalue weighted by Crippen LogP contribution is -2.48. The second-order valence-corrected chi connectivity index (χ2v) is 7.62. The van der Waals surface area contributed by atoms with Crippen LogP contribution in [0.3, 0.4) is 0 Å². The van der Waals surface area contributed by atoms with Crippen LogP contribution in [0.2, 0.25) is 5.02 Å². The van der Waals surface area contributed by atoms with Crippen LogP contribution >= 0.6 is 11.6 Å². The summed E-state index contributed by atoms with van der Waals surface area (Å²) in [6.45, 7) is 1.85. The molecule has 2 heterocycles. The van der Waals surface area contributed by atoms with Gasteiger partial charge in [-0.25, -0.2) is 0 Å². The number of aliphatic hydroxyl groups excluding tert-OH is 1. The van der Waals surface area contributed by atoms with Crippen molar-refractivity contribution in [2.75, 3.05) is 31.7 Å². The first-order valence-electron chi connectivity index (χ1n) is 9.95. The molecule has 9 heteroatoms. The number of rotatable bonds is 6. The molecule has 0 spiro atoms. The van der Waals surface area contributed by atoms with Gasteiger partial charge in [0.05, 0.1) is 26.4 Å². The summed E-state index contributed by atoms with van der Waals surface area (Å²) < 4.78 is 6.95. The zero-order valence-corrected chi connectivity index (χ0v) is 17.5. The molecule has 4 N–H and O–H groups in total. The number of aliphatic hydroxyl groups is 1. The van der Waals surface area contributed by atoms with Crippen LogP contribution in [0, 0.1) is 0 Å². The number of carbonyl (C=O) groups is 1. The van der Waals surface area contributed by atoms with E-state index < -0.39 is 0 Å². The summed E-state index contributed by atoms with van der Waals surface area (Å²) in [6, 6.07) is 11.8. The molecule has 1 amide bonds. The van der Waals surface area contributed by atoms with Crippen molar-refractivity contribution in [2.24, 2.45) is 0 Å². The van der Waals surface area contributed by atoms with Gasteiger partial charge < -0.3 is 25.6 Å². The Kier molecular flexibility index (Phi) is 6.53. The monoisotopic (exact) mass is 442 g/mol. The second kappa shape index (κ2) is 9.49. The Bertz CT molecular complexity index is 1060. The number of hydrogen-bond donors (Lipinski definition) is 4. The number of carbonyl (C=O) groups excluding carboxylic acids is 1. The minimum absolute atomic E-state index is 0.0611. The minimum atomic E-state index is -0.373. The van der Waals surface area contributed by atoms with E-state index in [9.17, 15) is 15.0 Å². The number of amides is 1. The van der Waals surface area contributed by atoms with Crippen molar-refractivity contribution in [1.29, 1.82) is 0 Å². The van der Waals surface area contributed by atoms with Crippen molar-refractivity contribution < 1.29 is 19.7 Å². The fraction of sp³-hybridized carbons (Fsp3) is 0.273. The number of anilines is 1. The second-order valence-electron chi connectivity index (χ2n) is 7.19. The SMILES string of the molecule is O=C(Nc1ccc(-c2cn(CCO)nc2-c2cc(Cl)ccc2O)cc1)[C@@H]1COCCN1. The number of phenolic OH excluding ortho intramolecular Hbond substituents is 1. The normalized spacial score (nSPS) is 16.3. The number of aromatic nitrogens is 2. The van der Waals surface area contributed by atoms with E-state index in [0.717, 1.165) is 11.1 Å². The molecule has 1 aliphatic heterocycles. The first-order valence-corrected chi connectivity index (χ1v) is 10.3. The molecule has 0 unspecified atom stereocenters. The average Bonchev–Trinajstić information content (AvgIpc) is 3.20. The molecular formula is C22H23ClN4O4. The number of phenols is 1. The Morgan fingerprint density at radius 3 is 2.77 bits per heavy atom. The molecule has 0 aliphatic carbocycles. The minimum Gasteiger partial charge on any atom is -0.507 e. The number of aromatic hydroxyl groups is 1. The molecule has 162 valence electrons. The van der Waals surface area contributed by atoms with Crippen LogP contribution in [-0.4, -0.2) is 58.3 Å². The topological polar surface area (TPSA) is 109 Å². The van der Waals surface area contributed by atoms with E-state index in [4.69, 9.17) is 16.3 Å². The molecule has 4 rings (SSSR count). The summed E-state index contributed by atoms with van der Waals surface area (Å²) in [5.41, 5.74) is 3.33. The standard InChI is InChI=1S/C22H23ClN4O4/c23-15-3-6-20(29)17(11-15)21-18(12-27(26-21)8-9-28)14-1-4-16(5-2-14)25-22(30)19-13-31-10-7-24-19/h1-6,11-12,19,24,28-29H,7-10,13H2,(H,25,30)/t19-/m0/s1. The number of morpholine rings is 1. The fourth-order valence-corrected chi connectivity index (χ4v) is 3.61. The number of benzene rings is 2. The summed E-state index contributed by atoms with van der Waals surface area (Å²) in [7, 11) is 0. The summed E-state index contributed by atoms with van der Waals surface area (Å²) >= 11 is 6.13. The van der Waals surface area contributed by atoms with Crippen molar-refractivity contribution in [1.82, 2.24) is 15.1 Å². The largest absolute Gasteiger partial charge is 0.507 e. The highest BCUT2D eigenvalue weighted by molar-refractivity contribution is 6.31. The van der Waals surface area contributed by atoms with Gasteiger partial charge in [-0.3, -0.25) is 9.48 Å². The summed E-state index contributed by atoms with van der Waals surface area (Å²) in [4.78, 5) is 12.4. The van der Waals surface area contributed by atoms with Gasteiger partial charge in [-0.1, -0.05) is 23.7 Å². The van der Waals surface area contributed by atoms with E-state index >= 15 is 0 Å². The summed E-state index contributed by atoms with van der Waals surface area (Å²) in [6.07, 6.45) is 1.81. The van der Waals surface area contributed by atoms with Crippen molar-refractivity contribution in [3.63, 3.8) is 0 Å². The van der Waals surface area contributed by atoms with E-state index in [-0.39, 0.29) is 24.3 Å². The molecule has 8 nitrogen and oxygen atoms in total. The smallest absolute Gasteiger partial charge is 0.243 e. The predicted molar refractivity (Wildman–Crippen MR) is 118 cm³/mol. The van der Waals surface area contributed by atoms with E-state index in [2.05, 4.69) is 15.7 Å². The molecule has 0 saturated carbocycles. The first-order chi connectivity index (χ1) is 15.0. The average molecular weight is 443 g/mol. The lowest BCUT2D eigenvalue weighted by Gasteiger charge is -2.22. The Hall–Kier alpha value is -2.91. The molecule has 3 aromatic rings. The maximum atomic E-state index is 12.4. The van der Waals surface area contributed by atoms with E-state index in [1.54, 1.807) is 16.8 Å². The highest BCUT2D eigenvalue weighted by Gasteiger charge is 2.21. The third-order valence-electron chi connectivity index (χ3n) is 5.01. The van der Waals surface area contributed by atoms with Gasteiger partial charge in [0.25, 0.3) is 0 Å². The van der Waals surface area contributed by atoms with Crippen LogP contribution in [0.5, 0.6) is 5.75 Å². The van der Waals surface area contributed by atoms with E-state index in [1.807, 2.05) is 30.5 Å². The quantitative estimate of drug-likeness (QED) is 0.467. The zero-order valence-electron chi connectivity index (χ0n) is 16.7. The lowest BCUT2D eigenvalue weighted by atomic mass is 10.0. The Balaban J connectivity index is 1.61. The van der Waals surface area contributed by atoms with E-state index in [1.165, 1.54) is 6.07 Å². The summed E-state index contributed by atoms with van der Waals surface area (Å²) in [5.74, 6) is -0.0845. The molecular weight excluding hydrogens is 420 g/mol. The van der Waals surface area contributed by atoms with Gasteiger partial charge in [-0.15, -0.1) is 0 Å². The van der Waals surface area contributed by atoms with Crippen molar-refractivity contribution >= 4 is 23.2 Å². The van der Waals surface area contributed by atoms with Crippen LogP contribution in [0.4, 0.5) is 5.69 Å². The first kappa shape index (κ1) is 21.3. The maximum absolute atomic E-state index is 12.4. The van der Waals surface area contributed by atoms with Gasteiger partial charge >= 0.3 is 0 Å². The molecule has 1 fully saturated rings. The van der Waals surface area contributed by atoms with Crippen LogP contribution < -0.4 is 10.6 Å². The molecule has 1 aromatic heterocycles. The maximum Gasteiger partial charge on any atom is 0.243 e. The highest BCUT2D eigenvalue weighted by atomic mass is 35.5. The van der Waals surface area contributed by atoms with Crippen LogP contribution in [0.15, 0.2) is 48.7 Å². The number of nitrogens with one attached hydrogen (secondary N) is 2. The molecule has 1 aliphatic rings. The van der Waals surface area contributed by atoms with Crippen molar-refractivity contribution in [2.45, 2.75) is 12.6 Å². The Morgan fingerprint density at radius 1 is 1.26 bits per heavy atom. The fourth-order valence-electron chi connectivity index (χ4n) is 3.44. The van der Waals surface area contributed by atoms with Gasteiger partial charge in [0.2, 0.25) is 5.91 Å². The van der Waals surface area contributed by atoms with Crippen LogP contribution in [0.1, 0.15) is 0 Å². The third kappa shape index (κ3) is 4.88. The number of halogens is 1. The van der Waals surface area contributed by atoms with Crippen molar-refractivity contribution in [3.05, 3.63) is 53.7 Å². The van der Waals surface area contributed by atoms with Gasteiger partial charge in [0.15, 0.2) is 0 Å². The predicted octanol–water partition coefficient (Wildman–Crippen LogP) is 2.50. The molecule has 0 radical (unpaired) electrons. The lowest BCUT2D eigenvalue weighted by molar-refractivity contribution is -0.120. The van der Waals surface area contributed by atoms with Crippen LogP contribution in [-0.2, 0) is 16.1 Å². The van der Waals surface area contributed by atoms with Gasteiger partial charge in [-0.2, -0.15) is 5.10 Å². The zero-order chi connectivity index (χ0) is 21.8. The number of ether oxygens (including phenoxy) is 1. The molecule has 0 bridgehead atoms. The number of hydrogen-bond acceptors (Lipinski definition) is 6. The Labute approximate surface area is 184 Å². The molecule has 31 heavy (non-hydrogen) atoms. The number of nitrogens with zero attached hydrogens (tertiary/aromatic N) is 2. The van der Waals surface area contributed by atoms with Gasteiger partial charge in [0, 0.05) is 34.6 Å². The molecule has 1 saturated heterocycles. The third-order valence-corrected chi connectivity index (χ3v) is 5.24. The molecule has 2 aromatic carbocycles. The van der Waals surface area contributed by atoms with Crippen LogP contribution in [0.25, 0.3) is 22.4 Å². The van der Waals surface area contributed by atoms with E-state index in [0.29, 0.717) is 48.3 Å². The summed E-state index contributed by atoms with van der Waals surface area (Å²) in [5, 5.41) is 30.7. The van der Waals surface area contributed by atoms with Gasteiger partial charge in [0.1, 0.15) is 17.5 Å². The van der Waals surface area contributed by atoms with Crippen molar-refractivity contribution in [3.8, 4) is 28.1 Å². The Morgan fingerprint density at radius 2 is 2.06 bits per heavy atom.